The van der Waals surface area contributed by atoms with Crippen molar-refractivity contribution in [2.24, 2.45) is 0 Å². The van der Waals surface area contributed by atoms with Crippen LogP contribution in [0.3, 0.4) is 0 Å². The molecule has 0 saturated carbocycles. The quantitative estimate of drug-likeness (QED) is 0.748. The van der Waals surface area contributed by atoms with Crippen molar-refractivity contribution >= 4 is 53.2 Å². The Labute approximate surface area is 120 Å². The number of nitrogens with one attached hydrogen (secondary N) is 1. The second-order valence-electron chi connectivity index (χ2n) is 3.15. The van der Waals surface area contributed by atoms with Crippen LogP contribution in [0.2, 0.25) is 0 Å². The van der Waals surface area contributed by atoms with Crippen LogP contribution in [0.4, 0.5) is 0 Å². The zero-order valence-electron chi connectivity index (χ0n) is 8.81. The van der Waals surface area contributed by atoms with Gasteiger partial charge in [-0.15, -0.1) is 11.3 Å². The standard InChI is InChI=1S/C8H11Br2NO4S2/c1-15-4-5(12)3-11-17(13,14)6-2-7(9)16-8(6)10/h2,5,11-12H,3-4H2,1H3. The molecular formula is C8H11Br2NO4S2. The van der Waals surface area contributed by atoms with Gasteiger partial charge in [0.2, 0.25) is 10.0 Å². The molecule has 0 aliphatic rings. The Morgan fingerprint density at radius 1 is 1.59 bits per heavy atom. The molecule has 1 unspecified atom stereocenters. The summed E-state index contributed by atoms with van der Waals surface area (Å²) in [5.74, 6) is 0. The van der Waals surface area contributed by atoms with Gasteiger partial charge in [0.1, 0.15) is 4.90 Å². The largest absolute Gasteiger partial charge is 0.389 e. The summed E-state index contributed by atoms with van der Waals surface area (Å²) in [6, 6.07) is 1.50. The highest BCUT2D eigenvalue weighted by atomic mass is 79.9. The van der Waals surface area contributed by atoms with Crippen molar-refractivity contribution in [2.45, 2.75) is 11.0 Å². The minimum absolute atomic E-state index is 0.0804. The van der Waals surface area contributed by atoms with E-state index >= 15 is 0 Å². The van der Waals surface area contributed by atoms with Crippen LogP contribution in [0, 0.1) is 0 Å². The van der Waals surface area contributed by atoms with E-state index in [2.05, 4.69) is 36.6 Å². The summed E-state index contributed by atoms with van der Waals surface area (Å²) >= 11 is 7.65. The topological polar surface area (TPSA) is 75.6 Å². The molecule has 98 valence electrons. The van der Waals surface area contributed by atoms with Crippen molar-refractivity contribution in [1.29, 1.82) is 0 Å². The molecule has 0 bridgehead atoms. The number of hydrogen-bond donors (Lipinski definition) is 2. The Balaban J connectivity index is 2.73. The van der Waals surface area contributed by atoms with Gasteiger partial charge in [-0.1, -0.05) is 0 Å². The van der Waals surface area contributed by atoms with Crippen LogP contribution in [0.25, 0.3) is 0 Å². The highest BCUT2D eigenvalue weighted by Gasteiger charge is 2.21. The number of aliphatic hydroxyl groups excluding tert-OH is 1. The fraction of sp³-hybridized carbons (Fsp3) is 0.500. The van der Waals surface area contributed by atoms with Crippen molar-refractivity contribution in [2.75, 3.05) is 20.3 Å². The highest BCUT2D eigenvalue weighted by molar-refractivity contribution is 9.12. The highest BCUT2D eigenvalue weighted by Crippen LogP contribution is 2.34. The third-order valence-electron chi connectivity index (χ3n) is 1.78. The van der Waals surface area contributed by atoms with Crippen molar-refractivity contribution in [3.05, 3.63) is 13.6 Å². The minimum Gasteiger partial charge on any atom is -0.389 e. The summed E-state index contributed by atoms with van der Waals surface area (Å²) in [5.41, 5.74) is 0. The Hall–Kier alpha value is 0.490. The molecule has 0 aromatic carbocycles. The summed E-state index contributed by atoms with van der Waals surface area (Å²) in [5, 5.41) is 9.36. The third-order valence-corrected chi connectivity index (χ3v) is 5.96. The number of ether oxygens (including phenoxy) is 1. The zero-order chi connectivity index (χ0) is 13.1. The molecule has 0 amide bonds. The maximum absolute atomic E-state index is 11.9. The predicted molar refractivity (Wildman–Crippen MR) is 72.8 cm³/mol. The monoisotopic (exact) mass is 407 g/mol. The van der Waals surface area contributed by atoms with Crippen LogP contribution < -0.4 is 4.72 Å². The lowest BCUT2D eigenvalue weighted by Gasteiger charge is -2.10. The normalized spacial score (nSPS) is 13.9. The average molecular weight is 409 g/mol. The molecule has 17 heavy (non-hydrogen) atoms. The van der Waals surface area contributed by atoms with Gasteiger partial charge in [-0.2, -0.15) is 0 Å². The molecule has 1 heterocycles. The molecule has 1 atom stereocenters. The van der Waals surface area contributed by atoms with Crippen LogP contribution in [-0.4, -0.2) is 39.9 Å². The van der Waals surface area contributed by atoms with Crippen LogP contribution in [-0.2, 0) is 14.8 Å². The molecule has 1 rings (SSSR count). The fourth-order valence-corrected chi connectivity index (χ4v) is 5.93. The molecule has 1 aromatic rings. The summed E-state index contributed by atoms with van der Waals surface area (Å²) in [4.78, 5) is 0.152. The van der Waals surface area contributed by atoms with Gasteiger partial charge in [0.25, 0.3) is 0 Å². The number of rotatable bonds is 6. The van der Waals surface area contributed by atoms with Crippen LogP contribution in [0.15, 0.2) is 18.5 Å². The zero-order valence-corrected chi connectivity index (χ0v) is 13.6. The van der Waals surface area contributed by atoms with Crippen LogP contribution in [0.5, 0.6) is 0 Å². The number of hydrogen-bond acceptors (Lipinski definition) is 5. The van der Waals surface area contributed by atoms with Crippen LogP contribution >= 0.6 is 43.2 Å². The Kier molecular flexibility index (Phi) is 6.03. The number of methoxy groups -OCH3 is 1. The SMILES string of the molecule is COCC(O)CNS(=O)(=O)c1cc(Br)sc1Br. The second kappa shape index (κ2) is 6.60. The van der Waals surface area contributed by atoms with E-state index in [0.717, 1.165) is 0 Å². The van der Waals surface area contributed by atoms with Gasteiger partial charge < -0.3 is 9.84 Å². The number of sulfonamides is 1. The van der Waals surface area contributed by atoms with E-state index in [1.807, 2.05) is 0 Å². The first-order valence-corrected chi connectivity index (χ1v) is 8.37. The van der Waals surface area contributed by atoms with E-state index < -0.39 is 16.1 Å². The van der Waals surface area contributed by atoms with E-state index in [0.29, 0.717) is 7.57 Å². The predicted octanol–water partition coefficient (Wildman–Crippen LogP) is 1.56. The van der Waals surface area contributed by atoms with Gasteiger partial charge in [-0.05, 0) is 37.9 Å². The van der Waals surface area contributed by atoms with Crippen molar-refractivity contribution in [1.82, 2.24) is 4.72 Å². The molecule has 0 fully saturated rings. The van der Waals surface area contributed by atoms with Gasteiger partial charge in [-0.25, -0.2) is 13.1 Å². The Morgan fingerprint density at radius 3 is 2.71 bits per heavy atom. The lowest BCUT2D eigenvalue weighted by atomic mass is 10.4. The van der Waals surface area contributed by atoms with Crippen molar-refractivity contribution in [3.63, 3.8) is 0 Å². The van der Waals surface area contributed by atoms with Gasteiger partial charge >= 0.3 is 0 Å². The van der Waals surface area contributed by atoms with E-state index in [9.17, 15) is 13.5 Å². The number of halogens is 2. The lowest BCUT2D eigenvalue weighted by Crippen LogP contribution is -2.34. The first kappa shape index (κ1) is 15.5. The molecule has 0 spiro atoms. The summed E-state index contributed by atoms with van der Waals surface area (Å²) in [7, 11) is -2.18. The smallest absolute Gasteiger partial charge is 0.242 e. The molecule has 0 aliphatic heterocycles. The van der Waals surface area contributed by atoms with Gasteiger partial charge in [0, 0.05) is 13.7 Å². The first-order chi connectivity index (χ1) is 7.86. The first-order valence-electron chi connectivity index (χ1n) is 4.48. The molecule has 5 nitrogen and oxygen atoms in total. The van der Waals surface area contributed by atoms with E-state index in [1.165, 1.54) is 24.5 Å². The molecule has 0 radical (unpaired) electrons. The summed E-state index contributed by atoms with van der Waals surface area (Å²) in [6.07, 6.45) is -0.865. The fourth-order valence-electron chi connectivity index (χ4n) is 1.04. The van der Waals surface area contributed by atoms with Crippen molar-refractivity contribution < 1.29 is 18.3 Å². The maximum Gasteiger partial charge on any atom is 0.242 e. The Morgan fingerprint density at radius 2 is 2.24 bits per heavy atom. The molecule has 9 heteroatoms. The van der Waals surface area contributed by atoms with E-state index in [-0.39, 0.29) is 18.0 Å². The summed E-state index contributed by atoms with van der Waals surface area (Å²) in [6.45, 7) is -0.00685. The second-order valence-corrected chi connectivity index (χ2v) is 8.63. The van der Waals surface area contributed by atoms with E-state index in [1.54, 1.807) is 0 Å². The number of aliphatic hydroxyl groups is 1. The van der Waals surface area contributed by atoms with Gasteiger partial charge in [0.15, 0.2) is 0 Å². The molecular weight excluding hydrogens is 398 g/mol. The Bertz CT molecular complexity index is 474. The van der Waals surface area contributed by atoms with E-state index in [4.69, 9.17) is 4.74 Å². The maximum atomic E-state index is 11.9. The molecule has 0 saturated heterocycles. The molecule has 1 aromatic heterocycles. The van der Waals surface area contributed by atoms with Crippen LogP contribution in [0.1, 0.15) is 0 Å². The van der Waals surface area contributed by atoms with Crippen molar-refractivity contribution in [3.8, 4) is 0 Å². The average Bonchev–Trinajstić information content (AvgIpc) is 2.56. The number of thiophene rings is 1. The third kappa shape index (κ3) is 4.58. The van der Waals surface area contributed by atoms with Gasteiger partial charge in [0.05, 0.1) is 20.3 Å². The molecule has 0 aliphatic carbocycles. The molecule has 2 N–H and O–H groups in total. The summed E-state index contributed by atoms with van der Waals surface area (Å²) < 4.78 is 32.0. The minimum atomic E-state index is -3.62. The van der Waals surface area contributed by atoms with Gasteiger partial charge in [-0.3, -0.25) is 0 Å². The lowest BCUT2D eigenvalue weighted by molar-refractivity contribution is 0.0679.